The third kappa shape index (κ3) is 2.84. The number of carboxylic acids is 1. The summed E-state index contributed by atoms with van der Waals surface area (Å²) in [5, 5.41) is 9.03. The van der Waals surface area contributed by atoms with Crippen molar-refractivity contribution >= 4 is 15.8 Å². The van der Waals surface area contributed by atoms with Gasteiger partial charge in [0.2, 0.25) is 0 Å². The fourth-order valence-electron chi connectivity index (χ4n) is 1.45. The van der Waals surface area contributed by atoms with Gasteiger partial charge in [0.15, 0.2) is 26.1 Å². The summed E-state index contributed by atoms with van der Waals surface area (Å²) in [7, 11) is -1.19. The largest absolute Gasteiger partial charge is 0.493 e. The van der Waals surface area contributed by atoms with Crippen LogP contribution < -0.4 is 9.47 Å². The molecule has 112 valence electrons. The number of rotatable bonds is 6. The lowest BCUT2D eigenvalue weighted by molar-refractivity contribution is -0.139. The maximum absolute atomic E-state index is 12.2. The smallest absolute Gasteiger partial charge is 0.324 e. The van der Waals surface area contributed by atoms with Crippen LogP contribution in [0.25, 0.3) is 0 Å². The van der Waals surface area contributed by atoms with Crippen molar-refractivity contribution in [1.82, 2.24) is 4.98 Å². The van der Waals surface area contributed by atoms with Crippen LogP contribution in [0.15, 0.2) is 12.3 Å². The molecular weight excluding hydrogens is 286 g/mol. The molecule has 1 heterocycles. The highest BCUT2D eigenvalue weighted by Crippen LogP contribution is 2.32. The molecular formula is C12H17NO6S. The lowest BCUT2D eigenvalue weighted by Crippen LogP contribution is -2.41. The van der Waals surface area contributed by atoms with Crippen LogP contribution in [0.3, 0.4) is 0 Å². The van der Waals surface area contributed by atoms with Crippen LogP contribution in [0.4, 0.5) is 0 Å². The highest BCUT2D eigenvalue weighted by molar-refractivity contribution is 7.92. The first-order chi connectivity index (χ1) is 9.17. The molecule has 0 fully saturated rings. The number of ether oxygens (including phenoxy) is 2. The van der Waals surface area contributed by atoms with Gasteiger partial charge >= 0.3 is 5.97 Å². The van der Waals surface area contributed by atoms with E-state index in [4.69, 9.17) is 14.6 Å². The van der Waals surface area contributed by atoms with Gasteiger partial charge in [-0.25, -0.2) is 8.42 Å². The molecule has 0 unspecified atom stereocenters. The predicted octanol–water partition coefficient (Wildman–Crippen LogP) is 0.877. The Balaban J connectivity index is 3.27. The van der Waals surface area contributed by atoms with E-state index in [1.807, 2.05) is 0 Å². The zero-order valence-electron chi connectivity index (χ0n) is 11.7. The summed E-state index contributed by atoms with van der Waals surface area (Å²) in [6.07, 6.45) is 1.37. The zero-order chi connectivity index (χ0) is 15.6. The second kappa shape index (κ2) is 5.66. The van der Waals surface area contributed by atoms with Crippen LogP contribution in [0.5, 0.6) is 11.5 Å². The minimum Gasteiger partial charge on any atom is -0.493 e. The first kappa shape index (κ1) is 16.2. The van der Waals surface area contributed by atoms with E-state index < -0.39 is 26.3 Å². The number of carboxylic acid groups (broad SMARTS) is 1. The molecule has 1 aromatic heterocycles. The molecule has 0 atom stereocenters. The SMILES string of the molecule is COc1ccnc(CS(=O)(=O)C(C)(C)C(=O)O)c1OC. The minimum atomic E-state index is -3.97. The van der Waals surface area contributed by atoms with Gasteiger partial charge in [0, 0.05) is 12.3 Å². The molecule has 1 N–H and O–H groups in total. The number of hydrogen-bond acceptors (Lipinski definition) is 6. The molecule has 8 heteroatoms. The molecule has 0 saturated carbocycles. The molecule has 0 aromatic carbocycles. The van der Waals surface area contributed by atoms with E-state index in [1.165, 1.54) is 26.5 Å². The molecule has 0 saturated heterocycles. The molecule has 0 radical (unpaired) electrons. The average Bonchev–Trinajstić information content (AvgIpc) is 2.37. The van der Waals surface area contributed by atoms with Crippen LogP contribution in [-0.4, -0.2) is 43.4 Å². The van der Waals surface area contributed by atoms with Gasteiger partial charge in [0.1, 0.15) is 5.69 Å². The maximum atomic E-state index is 12.2. The number of carbonyl (C=O) groups is 1. The standard InChI is InChI=1S/C12H17NO6S/c1-12(2,11(14)15)20(16,17)7-8-10(19-4)9(18-3)5-6-13-8/h5-6H,7H2,1-4H3,(H,14,15). The van der Waals surface area contributed by atoms with Crippen LogP contribution in [0, 0.1) is 0 Å². The first-order valence-corrected chi connectivity index (χ1v) is 7.34. The van der Waals surface area contributed by atoms with Crippen molar-refractivity contribution < 1.29 is 27.8 Å². The Labute approximate surface area is 117 Å². The fourth-order valence-corrected chi connectivity index (χ4v) is 2.64. The summed E-state index contributed by atoms with van der Waals surface area (Å²) in [6, 6.07) is 1.53. The zero-order valence-corrected chi connectivity index (χ0v) is 12.5. The van der Waals surface area contributed by atoms with E-state index in [2.05, 4.69) is 4.98 Å². The van der Waals surface area contributed by atoms with Crippen LogP contribution in [0.2, 0.25) is 0 Å². The minimum absolute atomic E-state index is 0.112. The normalized spacial score (nSPS) is 12.0. The Kier molecular flexibility index (Phi) is 4.59. The number of methoxy groups -OCH3 is 2. The van der Waals surface area contributed by atoms with Crippen molar-refractivity contribution in [3.05, 3.63) is 18.0 Å². The summed E-state index contributed by atoms with van der Waals surface area (Å²) in [6.45, 7) is 2.27. The molecule has 0 amide bonds. The van der Waals surface area contributed by atoms with Crippen molar-refractivity contribution in [2.75, 3.05) is 14.2 Å². The molecule has 0 aliphatic heterocycles. The Morgan fingerprint density at radius 3 is 2.40 bits per heavy atom. The second-order valence-electron chi connectivity index (χ2n) is 4.57. The van der Waals surface area contributed by atoms with Gasteiger partial charge in [-0.05, 0) is 13.8 Å². The van der Waals surface area contributed by atoms with Crippen LogP contribution >= 0.6 is 0 Å². The Morgan fingerprint density at radius 2 is 1.95 bits per heavy atom. The number of sulfone groups is 1. The number of aromatic nitrogens is 1. The van der Waals surface area contributed by atoms with Gasteiger partial charge < -0.3 is 14.6 Å². The van der Waals surface area contributed by atoms with Crippen molar-refractivity contribution in [3.8, 4) is 11.5 Å². The molecule has 1 rings (SSSR count). The third-order valence-electron chi connectivity index (χ3n) is 2.99. The second-order valence-corrected chi connectivity index (χ2v) is 7.11. The van der Waals surface area contributed by atoms with E-state index in [1.54, 1.807) is 0 Å². The van der Waals surface area contributed by atoms with E-state index in [9.17, 15) is 13.2 Å². The fraction of sp³-hybridized carbons (Fsp3) is 0.500. The number of pyridine rings is 1. The third-order valence-corrected chi connectivity index (χ3v) is 5.37. The lowest BCUT2D eigenvalue weighted by Gasteiger charge is -2.20. The molecule has 0 bridgehead atoms. The summed E-state index contributed by atoms with van der Waals surface area (Å²) < 4.78 is 32.6. The predicted molar refractivity (Wildman–Crippen MR) is 71.7 cm³/mol. The number of aliphatic carboxylic acids is 1. The van der Waals surface area contributed by atoms with Crippen molar-refractivity contribution in [1.29, 1.82) is 0 Å². The topological polar surface area (TPSA) is 103 Å². The monoisotopic (exact) mass is 303 g/mol. The first-order valence-electron chi connectivity index (χ1n) is 5.69. The van der Waals surface area contributed by atoms with Gasteiger partial charge in [0.05, 0.1) is 20.0 Å². The molecule has 1 aromatic rings. The summed E-state index contributed by atoms with van der Waals surface area (Å²) in [5.74, 6) is -1.45. The van der Waals surface area contributed by atoms with Gasteiger partial charge in [-0.2, -0.15) is 0 Å². The van der Waals surface area contributed by atoms with Crippen molar-refractivity contribution in [2.45, 2.75) is 24.3 Å². The van der Waals surface area contributed by atoms with Crippen LogP contribution in [-0.2, 0) is 20.4 Å². The van der Waals surface area contributed by atoms with Gasteiger partial charge in [-0.15, -0.1) is 0 Å². The Morgan fingerprint density at radius 1 is 1.35 bits per heavy atom. The van der Waals surface area contributed by atoms with Crippen LogP contribution in [0.1, 0.15) is 19.5 Å². The maximum Gasteiger partial charge on any atom is 0.324 e. The lowest BCUT2D eigenvalue weighted by atomic mass is 10.2. The summed E-state index contributed by atoms with van der Waals surface area (Å²) >= 11 is 0. The Hall–Kier alpha value is -1.83. The molecule has 0 spiro atoms. The van der Waals surface area contributed by atoms with E-state index in [-0.39, 0.29) is 11.4 Å². The van der Waals surface area contributed by atoms with E-state index >= 15 is 0 Å². The molecule has 20 heavy (non-hydrogen) atoms. The number of hydrogen-bond donors (Lipinski definition) is 1. The van der Waals surface area contributed by atoms with Gasteiger partial charge in [0.25, 0.3) is 0 Å². The van der Waals surface area contributed by atoms with Gasteiger partial charge in [-0.1, -0.05) is 0 Å². The van der Waals surface area contributed by atoms with Crippen molar-refractivity contribution in [3.63, 3.8) is 0 Å². The quantitative estimate of drug-likeness (QED) is 0.832. The number of nitrogens with zero attached hydrogens (tertiary/aromatic N) is 1. The molecule has 0 aliphatic carbocycles. The molecule has 0 aliphatic rings. The van der Waals surface area contributed by atoms with Gasteiger partial charge in [-0.3, -0.25) is 9.78 Å². The Bertz CT molecular complexity index is 608. The van der Waals surface area contributed by atoms with E-state index in [0.29, 0.717) is 5.75 Å². The van der Waals surface area contributed by atoms with E-state index in [0.717, 1.165) is 13.8 Å². The summed E-state index contributed by atoms with van der Waals surface area (Å²) in [5.41, 5.74) is 0.112. The molecule has 7 nitrogen and oxygen atoms in total. The highest BCUT2D eigenvalue weighted by Gasteiger charge is 2.42. The van der Waals surface area contributed by atoms with Crippen molar-refractivity contribution in [2.24, 2.45) is 0 Å². The highest BCUT2D eigenvalue weighted by atomic mass is 32.2. The summed E-state index contributed by atoms with van der Waals surface area (Å²) in [4.78, 5) is 15.0. The average molecular weight is 303 g/mol.